The van der Waals surface area contributed by atoms with E-state index >= 15 is 0 Å². The molecular weight excluding hydrogens is 398 g/mol. The summed E-state index contributed by atoms with van der Waals surface area (Å²) in [6.45, 7) is 0. The molecule has 0 aliphatic carbocycles. The molecule has 0 fully saturated rings. The molecule has 23 heavy (non-hydrogen) atoms. The second-order valence-electron chi connectivity index (χ2n) is 4.74. The van der Waals surface area contributed by atoms with Crippen LogP contribution in [0.1, 0.15) is 0 Å². The summed E-state index contributed by atoms with van der Waals surface area (Å²) < 4.78 is 3.01. The molecule has 3 aromatic rings. The average molecular weight is 410 g/mol. The number of carbonyl (C=O) groups is 1. The Hall–Kier alpha value is -1.64. The van der Waals surface area contributed by atoms with E-state index in [1.54, 1.807) is 7.05 Å². The molecule has 2 aromatic heterocycles. The zero-order valence-electron chi connectivity index (χ0n) is 12.1. The number of anilines is 1. The van der Waals surface area contributed by atoms with Crippen molar-refractivity contribution in [1.29, 1.82) is 0 Å². The van der Waals surface area contributed by atoms with Gasteiger partial charge in [0.05, 0.1) is 11.3 Å². The van der Waals surface area contributed by atoms with Crippen LogP contribution in [-0.4, -0.2) is 21.2 Å². The van der Waals surface area contributed by atoms with E-state index in [-0.39, 0.29) is 17.2 Å². The molecule has 1 aromatic carbocycles. The van der Waals surface area contributed by atoms with Gasteiger partial charge >= 0.3 is 0 Å². The first-order valence-corrected chi connectivity index (χ1v) is 9.33. The summed E-state index contributed by atoms with van der Waals surface area (Å²) in [4.78, 5) is 28.7. The van der Waals surface area contributed by atoms with E-state index in [1.165, 1.54) is 27.7 Å². The summed E-state index contributed by atoms with van der Waals surface area (Å²) in [6.07, 6.45) is 0. The summed E-state index contributed by atoms with van der Waals surface area (Å²) in [5.41, 5.74) is 1.31. The summed E-state index contributed by atoms with van der Waals surface area (Å²) >= 11 is 5.98. The van der Waals surface area contributed by atoms with Gasteiger partial charge in [0, 0.05) is 17.2 Å². The largest absolute Gasteiger partial charge is 0.325 e. The van der Waals surface area contributed by atoms with Crippen molar-refractivity contribution in [3.63, 3.8) is 0 Å². The van der Waals surface area contributed by atoms with Gasteiger partial charge in [-0.2, -0.15) is 0 Å². The SMILES string of the molecule is Cn1c(SCC(=O)Nc2cccc(Br)c2)nc2ccsc2c1=O. The van der Waals surface area contributed by atoms with Crippen LogP contribution in [0.5, 0.6) is 0 Å². The zero-order valence-corrected chi connectivity index (χ0v) is 15.3. The third-order valence-electron chi connectivity index (χ3n) is 3.09. The number of aromatic nitrogens is 2. The lowest BCUT2D eigenvalue weighted by atomic mass is 10.3. The lowest BCUT2D eigenvalue weighted by Gasteiger charge is -2.08. The molecule has 0 saturated heterocycles. The summed E-state index contributed by atoms with van der Waals surface area (Å²) in [6, 6.07) is 9.20. The molecule has 3 rings (SSSR count). The summed E-state index contributed by atoms with van der Waals surface area (Å²) in [5, 5.41) is 5.19. The summed E-state index contributed by atoms with van der Waals surface area (Å²) in [5.74, 6) is 0.0374. The standard InChI is InChI=1S/C15H12BrN3O2S2/c1-19-14(21)13-11(5-6-22-13)18-15(19)23-8-12(20)17-10-4-2-3-9(16)7-10/h2-7H,8H2,1H3,(H,17,20). The molecule has 0 atom stereocenters. The number of halogens is 1. The second-order valence-corrected chi connectivity index (χ2v) is 7.52. The molecule has 0 radical (unpaired) electrons. The molecule has 118 valence electrons. The fourth-order valence-electron chi connectivity index (χ4n) is 1.99. The lowest BCUT2D eigenvalue weighted by Crippen LogP contribution is -2.20. The van der Waals surface area contributed by atoms with E-state index in [4.69, 9.17) is 0 Å². The van der Waals surface area contributed by atoms with E-state index in [9.17, 15) is 9.59 Å². The molecule has 0 unspecified atom stereocenters. The van der Waals surface area contributed by atoms with Crippen LogP contribution in [0.3, 0.4) is 0 Å². The average Bonchev–Trinajstić information content (AvgIpc) is 2.98. The number of fused-ring (bicyclic) bond motifs is 1. The van der Waals surface area contributed by atoms with Crippen LogP contribution in [0.15, 0.2) is 50.1 Å². The number of hydrogen-bond acceptors (Lipinski definition) is 5. The topological polar surface area (TPSA) is 64.0 Å². The van der Waals surface area contributed by atoms with Crippen molar-refractivity contribution in [2.45, 2.75) is 5.16 Å². The van der Waals surface area contributed by atoms with Gasteiger partial charge in [-0.25, -0.2) is 4.98 Å². The van der Waals surface area contributed by atoms with E-state index in [0.29, 0.717) is 15.4 Å². The number of rotatable bonds is 4. The molecule has 0 aliphatic rings. The van der Waals surface area contributed by atoms with E-state index in [1.807, 2.05) is 35.7 Å². The number of carbonyl (C=O) groups excluding carboxylic acids is 1. The van der Waals surface area contributed by atoms with Gasteiger partial charge in [0.2, 0.25) is 5.91 Å². The van der Waals surface area contributed by atoms with Crippen LogP contribution in [0.2, 0.25) is 0 Å². The maximum atomic E-state index is 12.2. The Labute approximate surface area is 148 Å². The Morgan fingerprint density at radius 1 is 1.43 bits per heavy atom. The highest BCUT2D eigenvalue weighted by atomic mass is 79.9. The summed E-state index contributed by atoms with van der Waals surface area (Å²) in [7, 11) is 1.67. The van der Waals surface area contributed by atoms with E-state index in [0.717, 1.165) is 10.2 Å². The maximum Gasteiger partial charge on any atom is 0.271 e. The quantitative estimate of drug-likeness (QED) is 0.528. The number of thiophene rings is 1. The van der Waals surface area contributed by atoms with Crippen molar-refractivity contribution >= 4 is 60.8 Å². The van der Waals surface area contributed by atoms with Crippen molar-refractivity contribution < 1.29 is 4.79 Å². The van der Waals surface area contributed by atoms with Gasteiger partial charge in [0.25, 0.3) is 5.56 Å². The first-order valence-electron chi connectivity index (χ1n) is 6.67. The van der Waals surface area contributed by atoms with Gasteiger partial charge in [-0.1, -0.05) is 33.8 Å². The minimum atomic E-state index is -0.146. The fourth-order valence-corrected chi connectivity index (χ4v) is 3.97. The van der Waals surface area contributed by atoms with Crippen LogP contribution in [-0.2, 0) is 11.8 Å². The molecule has 0 aliphatic heterocycles. The Morgan fingerprint density at radius 3 is 3.04 bits per heavy atom. The molecular formula is C15H12BrN3O2S2. The maximum absolute atomic E-state index is 12.2. The van der Waals surface area contributed by atoms with Crippen molar-refractivity contribution in [3.8, 4) is 0 Å². The van der Waals surface area contributed by atoms with Gasteiger partial charge in [-0.05, 0) is 29.6 Å². The van der Waals surface area contributed by atoms with Gasteiger partial charge in [0.15, 0.2) is 5.16 Å². The number of nitrogens with zero attached hydrogens (tertiary/aromatic N) is 2. The monoisotopic (exact) mass is 409 g/mol. The van der Waals surface area contributed by atoms with E-state index in [2.05, 4.69) is 26.2 Å². The first kappa shape index (κ1) is 16.2. The third kappa shape index (κ3) is 3.65. The number of nitrogens with one attached hydrogen (secondary N) is 1. The van der Waals surface area contributed by atoms with Crippen molar-refractivity contribution in [1.82, 2.24) is 9.55 Å². The van der Waals surface area contributed by atoms with Crippen LogP contribution < -0.4 is 10.9 Å². The molecule has 8 heteroatoms. The minimum Gasteiger partial charge on any atom is -0.325 e. The molecule has 0 spiro atoms. The third-order valence-corrected chi connectivity index (χ3v) is 5.50. The van der Waals surface area contributed by atoms with Crippen molar-refractivity contribution in [2.24, 2.45) is 7.05 Å². The van der Waals surface area contributed by atoms with E-state index < -0.39 is 0 Å². The second kappa shape index (κ2) is 6.86. The highest BCUT2D eigenvalue weighted by molar-refractivity contribution is 9.10. The number of amides is 1. The van der Waals surface area contributed by atoms with Crippen LogP contribution >= 0.6 is 39.0 Å². The number of hydrogen-bond donors (Lipinski definition) is 1. The van der Waals surface area contributed by atoms with Crippen molar-refractivity contribution in [3.05, 3.63) is 50.5 Å². The Kier molecular flexibility index (Phi) is 4.84. The smallest absolute Gasteiger partial charge is 0.271 e. The lowest BCUT2D eigenvalue weighted by molar-refractivity contribution is -0.113. The molecule has 1 amide bonds. The van der Waals surface area contributed by atoms with Gasteiger partial charge in [-0.3, -0.25) is 14.2 Å². The molecule has 1 N–H and O–H groups in total. The predicted octanol–water partition coefficient (Wildman–Crippen LogP) is 3.49. The van der Waals surface area contributed by atoms with Gasteiger partial charge in [0.1, 0.15) is 4.70 Å². The molecule has 0 bridgehead atoms. The molecule has 2 heterocycles. The molecule has 5 nitrogen and oxygen atoms in total. The highest BCUT2D eigenvalue weighted by Crippen LogP contribution is 2.21. The minimum absolute atomic E-state index is 0.0834. The number of benzene rings is 1. The van der Waals surface area contributed by atoms with Crippen LogP contribution in [0, 0.1) is 0 Å². The Balaban J connectivity index is 1.72. The normalized spacial score (nSPS) is 10.9. The number of thioether (sulfide) groups is 1. The molecule has 0 saturated carbocycles. The Morgan fingerprint density at radius 2 is 2.26 bits per heavy atom. The van der Waals surface area contributed by atoms with Crippen molar-refractivity contribution in [2.75, 3.05) is 11.1 Å². The van der Waals surface area contributed by atoms with Gasteiger partial charge in [-0.15, -0.1) is 11.3 Å². The van der Waals surface area contributed by atoms with Crippen LogP contribution in [0.25, 0.3) is 10.2 Å². The zero-order chi connectivity index (χ0) is 16.4. The Bertz CT molecular complexity index is 936. The van der Waals surface area contributed by atoms with Gasteiger partial charge < -0.3 is 5.32 Å². The predicted molar refractivity (Wildman–Crippen MR) is 98.4 cm³/mol. The van der Waals surface area contributed by atoms with Crippen LogP contribution in [0.4, 0.5) is 5.69 Å². The fraction of sp³-hybridized carbons (Fsp3) is 0.133. The first-order chi connectivity index (χ1) is 11.0. The highest BCUT2D eigenvalue weighted by Gasteiger charge is 2.11.